The van der Waals surface area contributed by atoms with Crippen LogP contribution in [0, 0.1) is 0 Å². The molecule has 4 heteroatoms. The van der Waals surface area contributed by atoms with Crippen LogP contribution in [0.1, 0.15) is 31.2 Å². The third kappa shape index (κ3) is 2.50. The van der Waals surface area contributed by atoms with Crippen molar-refractivity contribution in [2.24, 2.45) is 5.73 Å². The fraction of sp³-hybridized carbons (Fsp3) is 0.583. The van der Waals surface area contributed by atoms with E-state index in [-0.39, 0.29) is 6.04 Å². The Kier molecular flexibility index (Phi) is 3.10. The fourth-order valence-corrected chi connectivity index (χ4v) is 2.46. The maximum Gasteiger partial charge on any atom is 0.126 e. The SMILES string of the molecule is Nc1ncccc1CC1(F)CCCC(N)C1. The molecule has 3 nitrogen and oxygen atoms in total. The number of nitrogens with two attached hydrogens (primary N) is 2. The molecule has 0 aliphatic heterocycles. The van der Waals surface area contributed by atoms with Crippen molar-refractivity contribution in [3.05, 3.63) is 23.9 Å². The molecule has 0 bridgehead atoms. The van der Waals surface area contributed by atoms with Gasteiger partial charge in [-0.25, -0.2) is 9.37 Å². The molecule has 1 heterocycles. The Morgan fingerprint density at radius 1 is 1.56 bits per heavy atom. The molecule has 4 N–H and O–H groups in total. The van der Waals surface area contributed by atoms with Gasteiger partial charge in [0.1, 0.15) is 11.5 Å². The minimum atomic E-state index is -1.20. The molecule has 1 saturated carbocycles. The number of anilines is 1. The zero-order valence-electron chi connectivity index (χ0n) is 9.32. The van der Waals surface area contributed by atoms with E-state index in [4.69, 9.17) is 11.5 Å². The molecule has 1 fully saturated rings. The van der Waals surface area contributed by atoms with Gasteiger partial charge in [0.2, 0.25) is 0 Å². The number of alkyl halides is 1. The van der Waals surface area contributed by atoms with E-state index in [1.54, 1.807) is 12.3 Å². The predicted octanol–water partition coefficient (Wildman–Crippen LogP) is 1.82. The zero-order valence-corrected chi connectivity index (χ0v) is 9.32. The smallest absolute Gasteiger partial charge is 0.126 e. The summed E-state index contributed by atoms with van der Waals surface area (Å²) in [4.78, 5) is 3.97. The van der Waals surface area contributed by atoms with Crippen molar-refractivity contribution >= 4 is 5.82 Å². The van der Waals surface area contributed by atoms with E-state index in [1.807, 2.05) is 6.07 Å². The van der Waals surface area contributed by atoms with Gasteiger partial charge >= 0.3 is 0 Å². The first-order chi connectivity index (χ1) is 7.59. The van der Waals surface area contributed by atoms with Crippen LogP contribution in [0.15, 0.2) is 18.3 Å². The summed E-state index contributed by atoms with van der Waals surface area (Å²) in [7, 11) is 0. The van der Waals surface area contributed by atoms with Gasteiger partial charge in [0, 0.05) is 18.7 Å². The molecule has 0 aromatic carbocycles. The quantitative estimate of drug-likeness (QED) is 0.803. The topological polar surface area (TPSA) is 64.9 Å². The molecule has 2 unspecified atom stereocenters. The fourth-order valence-electron chi connectivity index (χ4n) is 2.46. The highest BCUT2D eigenvalue weighted by molar-refractivity contribution is 5.39. The average molecular weight is 223 g/mol. The van der Waals surface area contributed by atoms with Crippen LogP contribution >= 0.6 is 0 Å². The number of hydrogen-bond acceptors (Lipinski definition) is 3. The summed E-state index contributed by atoms with van der Waals surface area (Å²) < 4.78 is 14.5. The average Bonchev–Trinajstić information content (AvgIpc) is 2.21. The number of nitrogens with zero attached hydrogens (tertiary/aromatic N) is 1. The Morgan fingerprint density at radius 2 is 2.38 bits per heavy atom. The number of nitrogen functional groups attached to an aromatic ring is 1. The number of hydrogen-bond donors (Lipinski definition) is 2. The first-order valence-corrected chi connectivity index (χ1v) is 5.73. The van der Waals surface area contributed by atoms with Gasteiger partial charge in [-0.2, -0.15) is 0 Å². The second-order valence-electron chi connectivity index (χ2n) is 4.73. The molecule has 1 aliphatic rings. The molecule has 16 heavy (non-hydrogen) atoms. The van der Waals surface area contributed by atoms with Gasteiger partial charge in [0.15, 0.2) is 0 Å². The van der Waals surface area contributed by atoms with Crippen LogP contribution in [0.4, 0.5) is 10.2 Å². The second-order valence-corrected chi connectivity index (χ2v) is 4.73. The van der Waals surface area contributed by atoms with Crippen LogP contribution in [0.2, 0.25) is 0 Å². The van der Waals surface area contributed by atoms with Gasteiger partial charge in [-0.15, -0.1) is 0 Å². The van der Waals surface area contributed by atoms with Crippen LogP contribution in [0.5, 0.6) is 0 Å². The third-order valence-electron chi connectivity index (χ3n) is 3.26. The summed E-state index contributed by atoms with van der Waals surface area (Å²) in [6.07, 6.45) is 4.75. The van der Waals surface area contributed by atoms with Crippen molar-refractivity contribution < 1.29 is 4.39 Å². The Labute approximate surface area is 95.0 Å². The number of halogens is 1. The Balaban J connectivity index is 2.11. The van der Waals surface area contributed by atoms with Crippen molar-refractivity contribution in [3.63, 3.8) is 0 Å². The van der Waals surface area contributed by atoms with E-state index < -0.39 is 5.67 Å². The van der Waals surface area contributed by atoms with Gasteiger partial charge in [-0.1, -0.05) is 6.07 Å². The monoisotopic (exact) mass is 223 g/mol. The normalized spacial score (nSPS) is 30.2. The van der Waals surface area contributed by atoms with Crippen LogP contribution in [-0.2, 0) is 6.42 Å². The van der Waals surface area contributed by atoms with E-state index in [0.717, 1.165) is 18.4 Å². The standard InChI is InChI=1S/C12H18FN3/c13-12(5-1-4-10(14)8-12)7-9-3-2-6-16-11(9)15/h2-3,6,10H,1,4-5,7-8,14H2,(H2,15,16). The van der Waals surface area contributed by atoms with E-state index >= 15 is 0 Å². The molecule has 1 aliphatic carbocycles. The van der Waals surface area contributed by atoms with Crippen LogP contribution in [0.3, 0.4) is 0 Å². The van der Waals surface area contributed by atoms with E-state index in [2.05, 4.69) is 4.98 Å². The third-order valence-corrected chi connectivity index (χ3v) is 3.26. The van der Waals surface area contributed by atoms with Gasteiger partial charge in [-0.3, -0.25) is 0 Å². The molecular formula is C12H18FN3. The molecule has 0 radical (unpaired) electrons. The number of pyridine rings is 1. The Hall–Kier alpha value is -1.16. The maximum atomic E-state index is 14.5. The summed E-state index contributed by atoms with van der Waals surface area (Å²) in [6.45, 7) is 0. The highest BCUT2D eigenvalue weighted by Gasteiger charge is 2.35. The molecule has 0 spiro atoms. The Morgan fingerprint density at radius 3 is 3.06 bits per heavy atom. The van der Waals surface area contributed by atoms with Crippen LogP contribution in [-0.4, -0.2) is 16.7 Å². The molecule has 1 aromatic rings. The molecule has 2 rings (SSSR count). The van der Waals surface area contributed by atoms with Crippen molar-refractivity contribution in [3.8, 4) is 0 Å². The van der Waals surface area contributed by atoms with Crippen molar-refractivity contribution in [2.45, 2.75) is 43.8 Å². The number of rotatable bonds is 2. The van der Waals surface area contributed by atoms with Gasteiger partial charge in [0.05, 0.1) is 0 Å². The molecular weight excluding hydrogens is 205 g/mol. The summed E-state index contributed by atoms with van der Waals surface area (Å²) in [5, 5.41) is 0. The second kappa shape index (κ2) is 4.37. The van der Waals surface area contributed by atoms with Crippen molar-refractivity contribution in [1.82, 2.24) is 4.98 Å². The highest BCUT2D eigenvalue weighted by Crippen LogP contribution is 2.35. The van der Waals surface area contributed by atoms with E-state index in [0.29, 0.717) is 25.1 Å². The maximum absolute atomic E-state index is 14.5. The first kappa shape index (κ1) is 11.3. The van der Waals surface area contributed by atoms with Crippen molar-refractivity contribution in [1.29, 1.82) is 0 Å². The molecule has 0 saturated heterocycles. The molecule has 2 atom stereocenters. The summed E-state index contributed by atoms with van der Waals surface area (Å²) in [5.41, 5.74) is 11.1. The lowest BCUT2D eigenvalue weighted by atomic mass is 9.80. The molecule has 88 valence electrons. The lowest BCUT2D eigenvalue weighted by molar-refractivity contribution is 0.0966. The minimum Gasteiger partial charge on any atom is -0.383 e. The predicted molar refractivity (Wildman–Crippen MR) is 62.6 cm³/mol. The zero-order chi connectivity index (χ0) is 11.6. The Bertz CT molecular complexity index is 369. The number of aromatic nitrogens is 1. The first-order valence-electron chi connectivity index (χ1n) is 5.73. The van der Waals surface area contributed by atoms with Gasteiger partial charge < -0.3 is 11.5 Å². The molecule has 1 aromatic heterocycles. The van der Waals surface area contributed by atoms with Crippen molar-refractivity contribution in [2.75, 3.05) is 5.73 Å². The van der Waals surface area contributed by atoms with Crippen LogP contribution in [0.25, 0.3) is 0 Å². The molecule has 0 amide bonds. The van der Waals surface area contributed by atoms with Crippen LogP contribution < -0.4 is 11.5 Å². The van der Waals surface area contributed by atoms with E-state index in [9.17, 15) is 4.39 Å². The van der Waals surface area contributed by atoms with Gasteiger partial charge in [-0.05, 0) is 37.3 Å². The lowest BCUT2D eigenvalue weighted by Crippen LogP contribution is -2.39. The summed E-state index contributed by atoms with van der Waals surface area (Å²) in [5.74, 6) is 0.429. The van der Waals surface area contributed by atoms with Gasteiger partial charge in [0.25, 0.3) is 0 Å². The largest absolute Gasteiger partial charge is 0.383 e. The van der Waals surface area contributed by atoms with E-state index in [1.165, 1.54) is 0 Å². The highest BCUT2D eigenvalue weighted by atomic mass is 19.1. The minimum absolute atomic E-state index is 0.0170. The summed E-state index contributed by atoms with van der Waals surface area (Å²) in [6, 6.07) is 3.61. The summed E-state index contributed by atoms with van der Waals surface area (Å²) >= 11 is 0. The lowest BCUT2D eigenvalue weighted by Gasteiger charge is -2.33.